The summed E-state index contributed by atoms with van der Waals surface area (Å²) in [5, 5.41) is 14.5. The average molecular weight is 248 g/mol. The molecule has 96 valence electrons. The van der Waals surface area contributed by atoms with Gasteiger partial charge in [-0.1, -0.05) is 12.1 Å². The Balaban J connectivity index is 2.01. The Hall–Kier alpha value is -1.88. The van der Waals surface area contributed by atoms with E-state index in [1.54, 1.807) is 7.05 Å². The number of likely N-dealkylation sites (N-methyl/N-ethyl adjacent to an activating group) is 1. The lowest BCUT2D eigenvalue weighted by Gasteiger charge is -2.11. The van der Waals surface area contributed by atoms with Crippen LogP contribution in [0.5, 0.6) is 0 Å². The molecule has 1 amide bonds. The number of aryl methyl sites for hydroxylation is 1. The van der Waals surface area contributed by atoms with Gasteiger partial charge in [-0.25, -0.2) is 0 Å². The summed E-state index contributed by atoms with van der Waals surface area (Å²) in [5.41, 5.74) is 2.92. The molecule has 1 aromatic rings. The van der Waals surface area contributed by atoms with Gasteiger partial charge in [0, 0.05) is 5.69 Å². The minimum absolute atomic E-state index is 0.0146. The fraction of sp³-hybridized carbons (Fsp3) is 0.385. The third-order valence-electron chi connectivity index (χ3n) is 3.16. The molecule has 1 unspecified atom stereocenters. The molecule has 1 atom stereocenters. The number of carboxylic acid groups (broad SMARTS) is 1. The van der Waals surface area contributed by atoms with Crippen molar-refractivity contribution in [1.82, 2.24) is 5.32 Å². The van der Waals surface area contributed by atoms with E-state index in [4.69, 9.17) is 5.11 Å². The molecule has 1 aliphatic heterocycles. The number of amides is 1. The SMILES string of the molecule is CNC(CCc1ccc2c(c1)CC(=O)N2)C(=O)O. The summed E-state index contributed by atoms with van der Waals surface area (Å²) in [5.74, 6) is -0.823. The maximum atomic E-state index is 11.2. The number of nitrogens with one attached hydrogen (secondary N) is 2. The molecule has 0 radical (unpaired) electrons. The molecule has 1 aromatic carbocycles. The summed E-state index contributed by atoms with van der Waals surface area (Å²) in [6, 6.07) is 5.25. The summed E-state index contributed by atoms with van der Waals surface area (Å²) in [6.45, 7) is 0. The molecule has 3 N–H and O–H groups in total. The van der Waals surface area contributed by atoms with Gasteiger partial charge in [-0.05, 0) is 37.1 Å². The number of aliphatic carboxylic acids is 1. The van der Waals surface area contributed by atoms with E-state index in [0.717, 1.165) is 16.8 Å². The zero-order chi connectivity index (χ0) is 13.1. The number of hydrogen-bond acceptors (Lipinski definition) is 3. The van der Waals surface area contributed by atoms with Crippen molar-refractivity contribution in [2.24, 2.45) is 0 Å². The Morgan fingerprint density at radius 1 is 1.56 bits per heavy atom. The maximum Gasteiger partial charge on any atom is 0.320 e. The first-order chi connectivity index (χ1) is 8.60. The van der Waals surface area contributed by atoms with Crippen LogP contribution in [0.15, 0.2) is 18.2 Å². The van der Waals surface area contributed by atoms with Crippen molar-refractivity contribution in [3.05, 3.63) is 29.3 Å². The summed E-state index contributed by atoms with van der Waals surface area (Å²) in [7, 11) is 1.64. The Morgan fingerprint density at radius 3 is 3.00 bits per heavy atom. The molecule has 0 spiro atoms. The highest BCUT2D eigenvalue weighted by atomic mass is 16.4. The van der Waals surface area contributed by atoms with Crippen LogP contribution in [0.2, 0.25) is 0 Å². The Kier molecular flexibility index (Phi) is 3.62. The van der Waals surface area contributed by atoms with Gasteiger partial charge < -0.3 is 15.7 Å². The van der Waals surface area contributed by atoms with E-state index in [-0.39, 0.29) is 5.91 Å². The molecule has 1 heterocycles. The van der Waals surface area contributed by atoms with Crippen molar-refractivity contribution < 1.29 is 14.7 Å². The first kappa shape index (κ1) is 12.6. The quantitative estimate of drug-likeness (QED) is 0.719. The molecule has 5 nitrogen and oxygen atoms in total. The summed E-state index contributed by atoms with van der Waals surface area (Å²) in [6.07, 6.45) is 1.63. The highest BCUT2D eigenvalue weighted by Gasteiger charge is 2.18. The van der Waals surface area contributed by atoms with Crippen LogP contribution in [0.1, 0.15) is 17.5 Å². The van der Waals surface area contributed by atoms with E-state index in [2.05, 4.69) is 10.6 Å². The number of hydrogen-bond donors (Lipinski definition) is 3. The summed E-state index contributed by atoms with van der Waals surface area (Å²) >= 11 is 0. The van der Waals surface area contributed by atoms with Crippen LogP contribution in [0.3, 0.4) is 0 Å². The first-order valence-electron chi connectivity index (χ1n) is 5.92. The molecule has 0 aromatic heterocycles. The topological polar surface area (TPSA) is 78.4 Å². The van der Waals surface area contributed by atoms with Gasteiger partial charge in [-0.15, -0.1) is 0 Å². The van der Waals surface area contributed by atoms with Gasteiger partial charge in [0.05, 0.1) is 6.42 Å². The van der Waals surface area contributed by atoms with Crippen LogP contribution in [0.4, 0.5) is 5.69 Å². The van der Waals surface area contributed by atoms with E-state index in [0.29, 0.717) is 19.3 Å². The number of carboxylic acids is 1. The number of carbonyl (C=O) groups excluding carboxylic acids is 1. The second-order valence-corrected chi connectivity index (χ2v) is 4.43. The molecule has 0 aliphatic carbocycles. The predicted octanol–water partition coefficient (Wildman–Crippen LogP) is 0.786. The van der Waals surface area contributed by atoms with Gasteiger partial charge >= 0.3 is 5.97 Å². The van der Waals surface area contributed by atoms with Crippen LogP contribution >= 0.6 is 0 Å². The smallest absolute Gasteiger partial charge is 0.320 e. The molecule has 0 saturated heterocycles. The lowest BCUT2D eigenvalue weighted by molar-refractivity contribution is -0.139. The van der Waals surface area contributed by atoms with Crippen LogP contribution < -0.4 is 10.6 Å². The third-order valence-corrected chi connectivity index (χ3v) is 3.16. The number of rotatable bonds is 5. The van der Waals surface area contributed by atoms with Gasteiger partial charge in [0.15, 0.2) is 0 Å². The Bertz CT molecular complexity index is 485. The highest BCUT2D eigenvalue weighted by molar-refractivity contribution is 5.99. The first-order valence-corrected chi connectivity index (χ1v) is 5.92. The minimum atomic E-state index is -0.837. The zero-order valence-corrected chi connectivity index (χ0v) is 10.2. The number of anilines is 1. The standard InChI is InChI=1S/C13H16N2O3/c1-14-11(13(17)18)5-3-8-2-4-10-9(6-8)7-12(16)15-10/h2,4,6,11,14H,3,5,7H2,1H3,(H,15,16)(H,17,18). The summed E-state index contributed by atoms with van der Waals surface area (Å²) in [4.78, 5) is 22.1. The van der Waals surface area contributed by atoms with Crippen molar-refractivity contribution in [3.8, 4) is 0 Å². The Morgan fingerprint density at radius 2 is 2.33 bits per heavy atom. The van der Waals surface area contributed by atoms with Crippen molar-refractivity contribution in [2.75, 3.05) is 12.4 Å². The van der Waals surface area contributed by atoms with Gasteiger partial charge in [0.1, 0.15) is 6.04 Å². The van der Waals surface area contributed by atoms with Crippen molar-refractivity contribution in [2.45, 2.75) is 25.3 Å². The van der Waals surface area contributed by atoms with E-state index >= 15 is 0 Å². The average Bonchev–Trinajstić information content (AvgIpc) is 2.68. The molecule has 0 saturated carbocycles. The van der Waals surface area contributed by atoms with Crippen LogP contribution in [0, 0.1) is 0 Å². The molecule has 2 rings (SSSR count). The maximum absolute atomic E-state index is 11.2. The number of carbonyl (C=O) groups is 2. The summed E-state index contributed by atoms with van der Waals surface area (Å²) < 4.78 is 0. The lowest BCUT2D eigenvalue weighted by atomic mass is 10.0. The zero-order valence-electron chi connectivity index (χ0n) is 10.2. The Labute approximate surface area is 105 Å². The minimum Gasteiger partial charge on any atom is -0.480 e. The van der Waals surface area contributed by atoms with Crippen molar-refractivity contribution in [1.29, 1.82) is 0 Å². The van der Waals surface area contributed by atoms with E-state index in [9.17, 15) is 9.59 Å². The second kappa shape index (κ2) is 5.18. The fourth-order valence-electron chi connectivity index (χ4n) is 2.14. The molecular formula is C13H16N2O3. The van der Waals surface area contributed by atoms with Gasteiger partial charge in [0.25, 0.3) is 0 Å². The highest BCUT2D eigenvalue weighted by Crippen LogP contribution is 2.24. The largest absolute Gasteiger partial charge is 0.480 e. The molecule has 0 bridgehead atoms. The predicted molar refractivity (Wildman–Crippen MR) is 67.6 cm³/mol. The third kappa shape index (κ3) is 2.68. The van der Waals surface area contributed by atoms with E-state index < -0.39 is 12.0 Å². The van der Waals surface area contributed by atoms with Crippen LogP contribution in [-0.4, -0.2) is 30.1 Å². The molecule has 1 aliphatic rings. The number of benzene rings is 1. The molecule has 18 heavy (non-hydrogen) atoms. The lowest BCUT2D eigenvalue weighted by Crippen LogP contribution is -2.34. The second-order valence-electron chi connectivity index (χ2n) is 4.43. The van der Waals surface area contributed by atoms with Crippen molar-refractivity contribution >= 4 is 17.6 Å². The van der Waals surface area contributed by atoms with Crippen molar-refractivity contribution in [3.63, 3.8) is 0 Å². The van der Waals surface area contributed by atoms with Gasteiger partial charge in [0.2, 0.25) is 5.91 Å². The molecule has 5 heteroatoms. The monoisotopic (exact) mass is 248 g/mol. The van der Waals surface area contributed by atoms with Crippen LogP contribution in [0.25, 0.3) is 0 Å². The molecular weight excluding hydrogens is 232 g/mol. The normalized spacial score (nSPS) is 15.1. The van der Waals surface area contributed by atoms with E-state index in [1.807, 2.05) is 18.2 Å². The molecule has 0 fully saturated rings. The van der Waals surface area contributed by atoms with Gasteiger partial charge in [-0.2, -0.15) is 0 Å². The fourth-order valence-corrected chi connectivity index (χ4v) is 2.14. The van der Waals surface area contributed by atoms with E-state index in [1.165, 1.54) is 0 Å². The van der Waals surface area contributed by atoms with Gasteiger partial charge in [-0.3, -0.25) is 9.59 Å². The number of fused-ring (bicyclic) bond motifs is 1. The van der Waals surface area contributed by atoms with Crippen LogP contribution in [-0.2, 0) is 22.4 Å².